The number of rotatable bonds is 2. The topological polar surface area (TPSA) is 3.24 Å². The van der Waals surface area contributed by atoms with Gasteiger partial charge in [0.1, 0.15) is 0 Å². The number of hydrogen-bond acceptors (Lipinski definition) is 1. The number of likely N-dealkylation sites (N-methyl/N-ethyl adjacent to an activating group) is 1. The molecule has 0 N–H and O–H groups in total. The highest BCUT2D eigenvalue weighted by molar-refractivity contribution is 9.10. The van der Waals surface area contributed by atoms with E-state index in [0.717, 1.165) is 9.50 Å². The maximum Gasteiger partial charge on any atom is 0.0565 e. The lowest BCUT2D eigenvalue weighted by Crippen LogP contribution is -2.37. The highest BCUT2D eigenvalue weighted by Crippen LogP contribution is 2.45. The van der Waals surface area contributed by atoms with Crippen molar-refractivity contribution in [1.29, 1.82) is 0 Å². The number of fused-ring (bicyclic) bond motifs is 1. The van der Waals surface area contributed by atoms with Crippen molar-refractivity contribution in [2.45, 2.75) is 25.3 Å². The van der Waals surface area contributed by atoms with Crippen molar-refractivity contribution in [2.75, 3.05) is 11.9 Å². The Balaban J connectivity index is 1.95. The molecule has 0 radical (unpaired) electrons. The van der Waals surface area contributed by atoms with Crippen molar-refractivity contribution in [3.05, 3.63) is 69.2 Å². The molecule has 0 aromatic heterocycles. The van der Waals surface area contributed by atoms with Gasteiger partial charge in [-0.3, -0.25) is 0 Å². The van der Waals surface area contributed by atoms with Crippen molar-refractivity contribution < 1.29 is 0 Å². The van der Waals surface area contributed by atoms with Gasteiger partial charge < -0.3 is 4.90 Å². The van der Waals surface area contributed by atoms with Crippen LogP contribution in [0, 0.1) is 0 Å². The van der Waals surface area contributed by atoms with Crippen molar-refractivity contribution in [1.82, 2.24) is 0 Å². The molecule has 0 saturated carbocycles. The summed E-state index contributed by atoms with van der Waals surface area (Å²) in [6.45, 7) is 4.56. The van der Waals surface area contributed by atoms with Crippen LogP contribution >= 0.6 is 27.5 Å². The number of anilines is 1. The lowest BCUT2D eigenvalue weighted by molar-refractivity contribution is 0.489. The van der Waals surface area contributed by atoms with E-state index < -0.39 is 0 Å². The van der Waals surface area contributed by atoms with Crippen molar-refractivity contribution in [3.8, 4) is 0 Å². The average molecular weight is 377 g/mol. The van der Waals surface area contributed by atoms with Crippen molar-refractivity contribution in [3.63, 3.8) is 0 Å². The Bertz CT molecular complexity index is 736. The van der Waals surface area contributed by atoms with E-state index in [9.17, 15) is 0 Å². The van der Waals surface area contributed by atoms with Gasteiger partial charge in [0.05, 0.1) is 6.04 Å². The summed E-state index contributed by atoms with van der Waals surface area (Å²) in [4.78, 5) is 2.33. The fourth-order valence-corrected chi connectivity index (χ4v) is 3.90. The fourth-order valence-electron chi connectivity index (χ4n) is 3.31. The normalized spacial score (nSPS) is 19.7. The Hall–Kier alpha value is -1.25. The van der Waals surface area contributed by atoms with E-state index >= 15 is 0 Å². The second-order valence-electron chi connectivity index (χ2n) is 6.35. The van der Waals surface area contributed by atoms with E-state index in [4.69, 9.17) is 11.6 Å². The lowest BCUT2D eigenvalue weighted by atomic mass is 9.80. The van der Waals surface area contributed by atoms with Crippen LogP contribution < -0.4 is 4.90 Å². The predicted molar refractivity (Wildman–Crippen MR) is 99.8 cm³/mol. The molecule has 3 heteroatoms. The van der Waals surface area contributed by atoms with Gasteiger partial charge in [-0.25, -0.2) is 0 Å². The molecule has 0 aliphatic carbocycles. The van der Waals surface area contributed by atoms with Gasteiger partial charge in [0.2, 0.25) is 0 Å². The molecule has 22 heavy (non-hydrogen) atoms. The van der Waals surface area contributed by atoms with E-state index in [0.29, 0.717) is 6.04 Å². The molecule has 1 unspecified atom stereocenters. The molecular formula is C19H19BrClN. The summed E-state index contributed by atoms with van der Waals surface area (Å²) < 4.78 is 1.10. The molecule has 1 atom stereocenters. The van der Waals surface area contributed by atoms with E-state index in [1.807, 2.05) is 12.1 Å². The fraction of sp³-hybridized carbons (Fsp3) is 0.263. The summed E-state index contributed by atoms with van der Waals surface area (Å²) in [6.07, 6.45) is 4.48. The zero-order valence-corrected chi connectivity index (χ0v) is 15.3. The third-order valence-corrected chi connectivity index (χ3v) is 5.24. The van der Waals surface area contributed by atoms with E-state index in [1.54, 1.807) is 0 Å². The summed E-state index contributed by atoms with van der Waals surface area (Å²) in [6, 6.07) is 14.8. The van der Waals surface area contributed by atoms with Gasteiger partial charge >= 0.3 is 0 Å². The maximum absolute atomic E-state index is 6.19. The predicted octanol–water partition coefficient (Wildman–Crippen LogP) is 5.91. The van der Waals surface area contributed by atoms with Crippen LogP contribution in [0.25, 0.3) is 6.08 Å². The van der Waals surface area contributed by atoms with Gasteiger partial charge in [0, 0.05) is 27.6 Å². The zero-order valence-electron chi connectivity index (χ0n) is 13.0. The van der Waals surface area contributed by atoms with Gasteiger partial charge in [-0.1, -0.05) is 65.7 Å². The Morgan fingerprint density at radius 2 is 1.95 bits per heavy atom. The number of halogens is 2. The maximum atomic E-state index is 6.19. The molecule has 0 amide bonds. The summed E-state index contributed by atoms with van der Waals surface area (Å²) in [5, 5.41) is 0.803. The van der Waals surface area contributed by atoms with Crippen LogP contribution in [-0.4, -0.2) is 13.1 Å². The van der Waals surface area contributed by atoms with Crippen LogP contribution in [-0.2, 0) is 5.41 Å². The minimum atomic E-state index is 0.0253. The largest absolute Gasteiger partial charge is 0.367 e. The van der Waals surface area contributed by atoms with Crippen LogP contribution in [0.1, 0.15) is 25.0 Å². The highest BCUT2D eigenvalue weighted by Gasteiger charge is 2.41. The Morgan fingerprint density at radius 1 is 1.18 bits per heavy atom. The van der Waals surface area contributed by atoms with Crippen LogP contribution in [0.3, 0.4) is 0 Å². The second-order valence-corrected chi connectivity index (χ2v) is 7.71. The standard InChI is InChI=1S/C19H19BrClN/c1-19(2)16-12-15(21)8-9-17(16)22(3)18(19)10-7-13-5-4-6-14(20)11-13/h4-12,18H,1-3H3. The zero-order chi connectivity index (χ0) is 15.9. The van der Waals surface area contributed by atoms with Gasteiger partial charge in [0.15, 0.2) is 0 Å². The van der Waals surface area contributed by atoms with Gasteiger partial charge in [-0.05, 0) is 41.5 Å². The number of nitrogens with zero attached hydrogens (tertiary/aromatic N) is 1. The SMILES string of the molecule is CN1c2ccc(Cl)cc2C(C)(C)C1C=Cc1cccc(Br)c1. The molecule has 114 valence electrons. The monoisotopic (exact) mass is 375 g/mol. The van der Waals surface area contributed by atoms with Crippen LogP contribution in [0.4, 0.5) is 5.69 Å². The summed E-state index contributed by atoms with van der Waals surface area (Å²) >= 11 is 9.72. The molecule has 3 rings (SSSR count). The minimum Gasteiger partial charge on any atom is -0.367 e. The average Bonchev–Trinajstić information content (AvgIpc) is 2.64. The van der Waals surface area contributed by atoms with E-state index in [1.165, 1.54) is 16.8 Å². The van der Waals surface area contributed by atoms with Crippen molar-refractivity contribution >= 4 is 39.3 Å². The highest BCUT2D eigenvalue weighted by atomic mass is 79.9. The first-order valence-corrected chi connectivity index (χ1v) is 8.53. The summed E-state index contributed by atoms with van der Waals surface area (Å²) in [5.74, 6) is 0. The van der Waals surface area contributed by atoms with Gasteiger partial charge in [0.25, 0.3) is 0 Å². The molecule has 0 saturated heterocycles. The summed E-state index contributed by atoms with van der Waals surface area (Å²) in [5.41, 5.74) is 3.80. The first kappa shape index (κ1) is 15.6. The lowest BCUT2D eigenvalue weighted by Gasteiger charge is -2.29. The molecule has 0 fully saturated rings. The molecule has 2 aromatic carbocycles. The molecular weight excluding hydrogens is 358 g/mol. The molecule has 0 bridgehead atoms. The van der Waals surface area contributed by atoms with E-state index in [2.05, 4.69) is 84.2 Å². The second kappa shape index (κ2) is 5.75. The third kappa shape index (κ3) is 2.70. The molecule has 1 nitrogen and oxygen atoms in total. The summed E-state index contributed by atoms with van der Waals surface area (Å²) in [7, 11) is 2.15. The van der Waals surface area contributed by atoms with Crippen LogP contribution in [0.5, 0.6) is 0 Å². The third-order valence-electron chi connectivity index (χ3n) is 4.51. The first-order chi connectivity index (χ1) is 10.4. The minimum absolute atomic E-state index is 0.0253. The Kier molecular flexibility index (Phi) is 4.09. The molecule has 2 aromatic rings. The van der Waals surface area contributed by atoms with Crippen molar-refractivity contribution in [2.24, 2.45) is 0 Å². The van der Waals surface area contributed by atoms with Crippen LogP contribution in [0.15, 0.2) is 53.0 Å². The van der Waals surface area contributed by atoms with Gasteiger partial charge in [-0.2, -0.15) is 0 Å². The van der Waals surface area contributed by atoms with Crippen LogP contribution in [0.2, 0.25) is 5.02 Å². The first-order valence-electron chi connectivity index (χ1n) is 7.36. The quantitative estimate of drug-likeness (QED) is 0.629. The smallest absolute Gasteiger partial charge is 0.0565 e. The molecule has 1 aliphatic rings. The Morgan fingerprint density at radius 3 is 2.68 bits per heavy atom. The van der Waals surface area contributed by atoms with E-state index in [-0.39, 0.29) is 5.41 Å². The molecule has 0 spiro atoms. The number of hydrogen-bond donors (Lipinski definition) is 0. The Labute approximate surface area is 145 Å². The number of benzene rings is 2. The molecule has 1 aliphatic heterocycles. The molecule has 1 heterocycles. The van der Waals surface area contributed by atoms with Gasteiger partial charge in [-0.15, -0.1) is 0 Å².